The zero-order valence-electron chi connectivity index (χ0n) is 14.1. The molecule has 0 bridgehead atoms. The SMILES string of the molecule is CCCCCCN1C=CN(C)C1.O=C(O)c1cccc(CO)c1. The fourth-order valence-corrected chi connectivity index (χ4v) is 2.28. The third-order valence-electron chi connectivity index (χ3n) is 3.59. The number of unbranched alkanes of at least 4 members (excludes halogenated alkanes) is 3. The van der Waals surface area contributed by atoms with E-state index >= 15 is 0 Å². The third-order valence-corrected chi connectivity index (χ3v) is 3.59. The molecular formula is C18H28N2O3. The van der Waals surface area contributed by atoms with Crippen molar-refractivity contribution in [2.24, 2.45) is 0 Å². The zero-order valence-corrected chi connectivity index (χ0v) is 14.1. The van der Waals surface area contributed by atoms with Crippen molar-refractivity contribution in [3.63, 3.8) is 0 Å². The Balaban J connectivity index is 0.000000231. The van der Waals surface area contributed by atoms with E-state index in [1.807, 2.05) is 0 Å². The Hall–Kier alpha value is -2.01. The van der Waals surface area contributed by atoms with Gasteiger partial charge in [0.05, 0.1) is 18.8 Å². The average molecular weight is 320 g/mol. The Kier molecular flexibility index (Phi) is 8.83. The molecule has 0 radical (unpaired) electrons. The summed E-state index contributed by atoms with van der Waals surface area (Å²) < 4.78 is 0. The quantitative estimate of drug-likeness (QED) is 0.756. The molecule has 1 heterocycles. The largest absolute Gasteiger partial charge is 0.478 e. The molecular weight excluding hydrogens is 292 g/mol. The van der Waals surface area contributed by atoms with Gasteiger partial charge in [-0.2, -0.15) is 0 Å². The molecule has 0 saturated heterocycles. The number of carboxylic acids is 1. The van der Waals surface area contributed by atoms with Crippen molar-refractivity contribution in [1.29, 1.82) is 0 Å². The number of rotatable bonds is 7. The number of aliphatic hydroxyl groups is 1. The van der Waals surface area contributed by atoms with E-state index in [0.717, 1.165) is 6.67 Å². The summed E-state index contributed by atoms with van der Waals surface area (Å²) in [6.07, 6.45) is 9.76. The van der Waals surface area contributed by atoms with Gasteiger partial charge in [-0.3, -0.25) is 0 Å². The summed E-state index contributed by atoms with van der Waals surface area (Å²) in [6.45, 7) is 4.43. The van der Waals surface area contributed by atoms with E-state index in [9.17, 15) is 4.79 Å². The van der Waals surface area contributed by atoms with E-state index in [-0.39, 0.29) is 12.2 Å². The number of nitrogens with zero attached hydrogens (tertiary/aromatic N) is 2. The van der Waals surface area contributed by atoms with E-state index in [1.54, 1.807) is 12.1 Å². The molecule has 0 spiro atoms. The van der Waals surface area contributed by atoms with E-state index in [2.05, 4.69) is 36.2 Å². The molecule has 0 atom stereocenters. The number of aliphatic hydroxyl groups excluding tert-OH is 1. The molecule has 0 unspecified atom stereocenters. The summed E-state index contributed by atoms with van der Waals surface area (Å²) in [5, 5.41) is 17.2. The number of carboxylic acid groups (broad SMARTS) is 1. The minimum atomic E-state index is -0.972. The number of hydrogen-bond donors (Lipinski definition) is 2. The summed E-state index contributed by atoms with van der Waals surface area (Å²) in [6, 6.07) is 6.21. The number of aromatic carboxylic acids is 1. The molecule has 5 nitrogen and oxygen atoms in total. The lowest BCUT2D eigenvalue weighted by Gasteiger charge is -2.17. The lowest BCUT2D eigenvalue weighted by Crippen LogP contribution is -2.23. The standard InChI is InChI=1S/C10H20N2.C8H8O3/c1-3-4-5-6-7-12-9-8-11(2)10-12;9-5-6-2-1-3-7(4-6)8(10)11/h8-9H,3-7,10H2,1-2H3;1-4,9H,5H2,(H,10,11). The van der Waals surface area contributed by atoms with Crippen LogP contribution in [0.2, 0.25) is 0 Å². The van der Waals surface area contributed by atoms with Gasteiger partial charge in [-0.25, -0.2) is 4.79 Å². The van der Waals surface area contributed by atoms with Gasteiger partial charge in [0.1, 0.15) is 0 Å². The second-order valence-electron chi connectivity index (χ2n) is 5.73. The highest BCUT2D eigenvalue weighted by Gasteiger charge is 2.06. The summed E-state index contributed by atoms with van der Waals surface area (Å²) in [5.74, 6) is -0.972. The molecule has 0 aromatic heterocycles. The fraction of sp³-hybridized carbons (Fsp3) is 0.500. The highest BCUT2D eigenvalue weighted by Crippen LogP contribution is 2.07. The first kappa shape index (κ1) is 19.0. The van der Waals surface area contributed by atoms with Crippen LogP contribution in [0.3, 0.4) is 0 Å². The van der Waals surface area contributed by atoms with Crippen LogP contribution in [-0.2, 0) is 6.61 Å². The third kappa shape index (κ3) is 7.70. The van der Waals surface area contributed by atoms with Gasteiger partial charge in [-0.05, 0) is 24.1 Å². The van der Waals surface area contributed by atoms with Crippen LogP contribution >= 0.6 is 0 Å². The van der Waals surface area contributed by atoms with E-state index in [1.165, 1.54) is 44.4 Å². The van der Waals surface area contributed by atoms with Gasteiger partial charge in [0.2, 0.25) is 0 Å². The van der Waals surface area contributed by atoms with Gasteiger partial charge in [-0.1, -0.05) is 38.3 Å². The van der Waals surface area contributed by atoms with E-state index < -0.39 is 5.97 Å². The van der Waals surface area contributed by atoms with E-state index in [4.69, 9.17) is 10.2 Å². The molecule has 0 amide bonds. The minimum absolute atomic E-state index is 0.124. The van der Waals surface area contributed by atoms with Crippen LogP contribution in [0.1, 0.15) is 48.5 Å². The topological polar surface area (TPSA) is 64.0 Å². The first-order valence-corrected chi connectivity index (χ1v) is 8.12. The number of carbonyl (C=O) groups is 1. The first-order valence-electron chi connectivity index (χ1n) is 8.12. The van der Waals surface area contributed by atoms with Crippen LogP contribution in [0.5, 0.6) is 0 Å². The molecule has 128 valence electrons. The predicted molar refractivity (Wildman–Crippen MR) is 91.9 cm³/mol. The molecule has 0 fully saturated rings. The van der Waals surface area contributed by atoms with Crippen molar-refractivity contribution in [3.8, 4) is 0 Å². The molecule has 1 aliphatic rings. The molecule has 1 aromatic carbocycles. The van der Waals surface area contributed by atoms with Crippen LogP contribution in [0, 0.1) is 0 Å². The van der Waals surface area contributed by atoms with Crippen molar-refractivity contribution in [3.05, 3.63) is 47.8 Å². The summed E-state index contributed by atoms with van der Waals surface area (Å²) in [7, 11) is 2.11. The predicted octanol–water partition coefficient (Wildman–Crippen LogP) is 3.12. The zero-order chi connectivity index (χ0) is 17.1. The van der Waals surface area contributed by atoms with Gasteiger partial charge >= 0.3 is 5.97 Å². The van der Waals surface area contributed by atoms with Gasteiger partial charge in [-0.15, -0.1) is 0 Å². The Morgan fingerprint density at radius 1 is 1.22 bits per heavy atom. The number of hydrogen-bond acceptors (Lipinski definition) is 4. The molecule has 1 aliphatic heterocycles. The van der Waals surface area contributed by atoms with Gasteiger partial charge < -0.3 is 20.0 Å². The van der Waals surface area contributed by atoms with Gasteiger partial charge in [0, 0.05) is 26.0 Å². The van der Waals surface area contributed by atoms with Crippen LogP contribution in [0.15, 0.2) is 36.7 Å². The smallest absolute Gasteiger partial charge is 0.335 e. The van der Waals surface area contributed by atoms with Crippen molar-refractivity contribution >= 4 is 5.97 Å². The van der Waals surface area contributed by atoms with E-state index in [0.29, 0.717) is 5.56 Å². The van der Waals surface area contributed by atoms with Gasteiger partial charge in [0.15, 0.2) is 0 Å². The van der Waals surface area contributed by atoms with Crippen LogP contribution < -0.4 is 0 Å². The van der Waals surface area contributed by atoms with Crippen LogP contribution in [-0.4, -0.2) is 46.2 Å². The van der Waals surface area contributed by atoms with Crippen molar-refractivity contribution in [2.75, 3.05) is 20.3 Å². The highest BCUT2D eigenvalue weighted by molar-refractivity contribution is 5.87. The minimum Gasteiger partial charge on any atom is -0.478 e. The molecule has 2 rings (SSSR count). The Morgan fingerprint density at radius 3 is 2.57 bits per heavy atom. The molecule has 5 heteroatoms. The fourth-order valence-electron chi connectivity index (χ4n) is 2.28. The molecule has 0 aliphatic carbocycles. The summed E-state index contributed by atoms with van der Waals surface area (Å²) >= 11 is 0. The molecule has 23 heavy (non-hydrogen) atoms. The van der Waals surface area contributed by atoms with Crippen LogP contribution in [0.4, 0.5) is 0 Å². The second kappa shape index (κ2) is 10.7. The Labute approximate surface area is 138 Å². The Bertz CT molecular complexity index is 503. The average Bonchev–Trinajstić information content (AvgIpc) is 2.97. The summed E-state index contributed by atoms with van der Waals surface area (Å²) in [5.41, 5.74) is 0.821. The van der Waals surface area contributed by atoms with Crippen LogP contribution in [0.25, 0.3) is 0 Å². The van der Waals surface area contributed by atoms with Crippen molar-refractivity contribution < 1.29 is 15.0 Å². The lowest BCUT2D eigenvalue weighted by molar-refractivity contribution is 0.0696. The second-order valence-corrected chi connectivity index (χ2v) is 5.73. The number of benzene rings is 1. The highest BCUT2D eigenvalue weighted by atomic mass is 16.4. The van der Waals surface area contributed by atoms with Crippen molar-refractivity contribution in [2.45, 2.75) is 39.2 Å². The first-order chi connectivity index (χ1) is 11.1. The maximum Gasteiger partial charge on any atom is 0.335 e. The maximum atomic E-state index is 10.4. The monoisotopic (exact) mass is 320 g/mol. The Morgan fingerprint density at radius 2 is 2.00 bits per heavy atom. The summed E-state index contributed by atoms with van der Waals surface area (Å²) in [4.78, 5) is 15.0. The maximum absolute atomic E-state index is 10.4. The van der Waals surface area contributed by atoms with Gasteiger partial charge in [0.25, 0.3) is 0 Å². The lowest BCUT2D eigenvalue weighted by atomic mass is 10.1. The molecule has 2 N–H and O–H groups in total. The molecule has 0 saturated carbocycles. The molecule has 1 aromatic rings. The normalized spacial score (nSPS) is 13.0. The van der Waals surface area contributed by atoms with Crippen molar-refractivity contribution in [1.82, 2.24) is 9.80 Å².